The molecule has 3 amide bonds. The number of nitrogens with two attached hydrogens (primary N) is 1. The molecule has 4 unspecified atom stereocenters. The van der Waals surface area contributed by atoms with Crippen LogP contribution in [0.5, 0.6) is 0 Å². The number of piperazine rings is 2. The topological polar surface area (TPSA) is 116 Å². The molecule has 0 aliphatic carbocycles. The zero-order chi connectivity index (χ0) is 33.3. The second-order valence-corrected chi connectivity index (χ2v) is 11.2. The molecule has 4 rings (SSSR count). The summed E-state index contributed by atoms with van der Waals surface area (Å²) in [6.45, 7) is 9.98. The Morgan fingerprint density at radius 3 is 1.49 bits per heavy atom. The normalized spacial score (nSPS) is 22.6. The number of ether oxygens (including phenoxy) is 1. The smallest absolute Gasteiger partial charge is 0.422 e. The fourth-order valence-electron chi connectivity index (χ4n) is 5.78. The van der Waals surface area contributed by atoms with Crippen LogP contribution in [0.3, 0.4) is 0 Å². The van der Waals surface area contributed by atoms with Gasteiger partial charge in [-0.05, 0) is 38.1 Å². The molecule has 13 heteroatoms. The third kappa shape index (κ3) is 9.51. The second-order valence-electron chi connectivity index (χ2n) is 11.2. The number of rotatable bonds is 5. The van der Waals surface area contributed by atoms with Crippen molar-refractivity contribution in [2.24, 2.45) is 5.73 Å². The van der Waals surface area contributed by atoms with E-state index < -0.39 is 42.5 Å². The fraction of sp³-hybridized carbons (Fsp3) is 0.500. The third-order valence-electron chi connectivity index (χ3n) is 8.19. The standard InChI is InChI=1S/C17H21F3N2O3.C15H21N3O2/c1-3-21-10-14(13-7-5-4-6-8-13)22(9-12(21)2)15(23)16(24)25-11-17(18,19)20;1-3-17-10-13(12-7-5-4-6-8-12)18(9-11(17)2)15(20)14(16)19/h4-8,12,14H,3,9-11H2,1-2H3;4-8,11,13H,3,9-10H2,1-2H3,(H2,16,19). The third-order valence-corrected chi connectivity index (χ3v) is 8.19. The first-order valence-corrected chi connectivity index (χ1v) is 15.0. The van der Waals surface area contributed by atoms with E-state index in [-0.39, 0.29) is 24.7 Å². The molecular formula is C32H42F3N5O5. The highest BCUT2D eigenvalue weighted by Gasteiger charge is 2.39. The first kappa shape index (κ1) is 35.5. The molecule has 0 bridgehead atoms. The van der Waals surface area contributed by atoms with Gasteiger partial charge in [-0.1, -0.05) is 74.5 Å². The molecule has 2 N–H and O–H groups in total. The lowest BCUT2D eigenvalue weighted by atomic mass is 9.99. The predicted octanol–water partition coefficient (Wildman–Crippen LogP) is 3.15. The van der Waals surface area contributed by atoms with Crippen molar-refractivity contribution in [3.8, 4) is 0 Å². The predicted molar refractivity (Wildman–Crippen MR) is 161 cm³/mol. The Morgan fingerprint density at radius 1 is 0.733 bits per heavy atom. The van der Waals surface area contributed by atoms with Crippen LogP contribution in [-0.2, 0) is 23.9 Å². The maximum absolute atomic E-state index is 12.4. The quantitative estimate of drug-likeness (QED) is 0.397. The van der Waals surface area contributed by atoms with E-state index in [0.29, 0.717) is 13.1 Å². The summed E-state index contributed by atoms with van der Waals surface area (Å²) in [5.74, 6) is -4.00. The number of hydrogen-bond acceptors (Lipinski definition) is 7. The molecule has 0 saturated carbocycles. The molecule has 2 aliphatic rings. The zero-order valence-electron chi connectivity index (χ0n) is 26.1. The van der Waals surface area contributed by atoms with Gasteiger partial charge in [0.1, 0.15) is 0 Å². The Bertz CT molecular complexity index is 1300. The number of hydrogen-bond donors (Lipinski definition) is 1. The summed E-state index contributed by atoms with van der Waals surface area (Å²) in [4.78, 5) is 54.9. The minimum Gasteiger partial charge on any atom is -0.449 e. The number of halogens is 3. The van der Waals surface area contributed by atoms with E-state index in [1.165, 1.54) is 4.90 Å². The first-order chi connectivity index (χ1) is 21.3. The highest BCUT2D eigenvalue weighted by molar-refractivity contribution is 6.34. The summed E-state index contributed by atoms with van der Waals surface area (Å²) in [5.41, 5.74) is 7.03. The summed E-state index contributed by atoms with van der Waals surface area (Å²) in [5, 5.41) is 0. The highest BCUT2D eigenvalue weighted by atomic mass is 19.4. The number of benzene rings is 2. The van der Waals surface area contributed by atoms with Gasteiger partial charge in [-0.3, -0.25) is 24.2 Å². The van der Waals surface area contributed by atoms with Crippen molar-refractivity contribution < 1.29 is 37.1 Å². The van der Waals surface area contributed by atoms with Crippen LogP contribution in [0.15, 0.2) is 60.7 Å². The molecule has 246 valence electrons. The summed E-state index contributed by atoms with van der Waals surface area (Å²) in [6, 6.07) is 18.6. The van der Waals surface area contributed by atoms with Gasteiger partial charge in [0.25, 0.3) is 0 Å². The molecule has 45 heavy (non-hydrogen) atoms. The van der Waals surface area contributed by atoms with E-state index >= 15 is 0 Å². The van der Waals surface area contributed by atoms with Crippen LogP contribution in [0.1, 0.15) is 50.9 Å². The first-order valence-electron chi connectivity index (χ1n) is 15.0. The minimum atomic E-state index is -4.66. The van der Waals surface area contributed by atoms with Gasteiger partial charge in [-0.15, -0.1) is 0 Å². The van der Waals surface area contributed by atoms with Crippen LogP contribution in [0.4, 0.5) is 13.2 Å². The average Bonchev–Trinajstić information content (AvgIpc) is 3.03. The van der Waals surface area contributed by atoms with Gasteiger partial charge in [0, 0.05) is 38.3 Å². The number of carbonyl (C=O) groups excluding carboxylic acids is 4. The van der Waals surface area contributed by atoms with Crippen molar-refractivity contribution in [3.63, 3.8) is 0 Å². The molecule has 0 aromatic heterocycles. The van der Waals surface area contributed by atoms with Crippen molar-refractivity contribution in [2.45, 2.75) is 58.0 Å². The molecule has 0 spiro atoms. The number of amides is 3. The van der Waals surface area contributed by atoms with Gasteiger partial charge < -0.3 is 20.3 Å². The van der Waals surface area contributed by atoms with Gasteiger partial charge in [-0.2, -0.15) is 13.2 Å². The van der Waals surface area contributed by atoms with Crippen molar-refractivity contribution in [1.82, 2.24) is 19.6 Å². The lowest BCUT2D eigenvalue weighted by Crippen LogP contribution is -2.57. The summed E-state index contributed by atoms with van der Waals surface area (Å²) >= 11 is 0. The lowest BCUT2D eigenvalue weighted by Gasteiger charge is -2.44. The van der Waals surface area contributed by atoms with Crippen molar-refractivity contribution in [1.29, 1.82) is 0 Å². The number of esters is 1. The number of carbonyl (C=O) groups is 4. The Labute approximate surface area is 261 Å². The van der Waals surface area contributed by atoms with Gasteiger partial charge in [0.15, 0.2) is 6.61 Å². The minimum absolute atomic E-state index is 0.00988. The van der Waals surface area contributed by atoms with E-state index in [1.54, 1.807) is 4.90 Å². The molecule has 2 fully saturated rings. The van der Waals surface area contributed by atoms with E-state index in [9.17, 15) is 32.3 Å². The average molecular weight is 634 g/mol. The van der Waals surface area contributed by atoms with E-state index in [2.05, 4.69) is 28.4 Å². The molecule has 2 saturated heterocycles. The van der Waals surface area contributed by atoms with Crippen LogP contribution in [0.25, 0.3) is 0 Å². The fourth-order valence-corrected chi connectivity index (χ4v) is 5.78. The van der Waals surface area contributed by atoms with Crippen LogP contribution in [0, 0.1) is 0 Å². The van der Waals surface area contributed by atoms with Gasteiger partial charge in [0.05, 0.1) is 12.1 Å². The van der Waals surface area contributed by atoms with E-state index in [0.717, 1.165) is 30.8 Å². The van der Waals surface area contributed by atoms with Crippen molar-refractivity contribution in [2.75, 3.05) is 45.9 Å². The van der Waals surface area contributed by atoms with Crippen LogP contribution in [-0.4, -0.2) is 107 Å². The SMILES string of the molecule is CCN1CC(c2ccccc2)N(C(=O)C(=O)OCC(F)(F)F)CC1C.CCN1CC(c2ccccc2)N(C(=O)C(N)=O)CC1C. The maximum Gasteiger partial charge on any atom is 0.422 e. The molecule has 4 atom stereocenters. The number of nitrogens with zero attached hydrogens (tertiary/aromatic N) is 4. The Balaban J connectivity index is 0.000000251. The lowest BCUT2D eigenvalue weighted by molar-refractivity contribution is -0.190. The van der Waals surface area contributed by atoms with Gasteiger partial charge in [-0.25, -0.2) is 4.79 Å². The van der Waals surface area contributed by atoms with Gasteiger partial charge in [0.2, 0.25) is 0 Å². The molecule has 2 heterocycles. The molecular weight excluding hydrogens is 591 g/mol. The molecule has 2 aliphatic heterocycles. The number of primary amides is 1. The number of alkyl halides is 3. The molecule has 10 nitrogen and oxygen atoms in total. The van der Waals surface area contributed by atoms with Crippen LogP contribution < -0.4 is 5.73 Å². The Morgan fingerprint density at radius 2 is 1.13 bits per heavy atom. The Hall–Kier alpha value is -3.97. The van der Waals surface area contributed by atoms with E-state index in [1.807, 2.05) is 74.5 Å². The number of likely N-dealkylation sites (N-methyl/N-ethyl adjacent to an activating group) is 2. The van der Waals surface area contributed by atoms with Gasteiger partial charge >= 0.3 is 29.9 Å². The van der Waals surface area contributed by atoms with Crippen LogP contribution in [0.2, 0.25) is 0 Å². The second kappa shape index (κ2) is 15.8. The van der Waals surface area contributed by atoms with Crippen LogP contribution >= 0.6 is 0 Å². The molecule has 0 radical (unpaired) electrons. The Kier molecular flexibility index (Phi) is 12.5. The zero-order valence-corrected chi connectivity index (χ0v) is 26.1. The van der Waals surface area contributed by atoms with E-state index in [4.69, 9.17) is 5.73 Å². The largest absolute Gasteiger partial charge is 0.449 e. The summed E-state index contributed by atoms with van der Waals surface area (Å²) < 4.78 is 40.8. The molecule has 2 aromatic rings. The summed E-state index contributed by atoms with van der Waals surface area (Å²) in [6.07, 6.45) is -4.66. The van der Waals surface area contributed by atoms with Crippen molar-refractivity contribution >= 4 is 23.7 Å². The monoisotopic (exact) mass is 633 g/mol. The van der Waals surface area contributed by atoms with Crippen molar-refractivity contribution in [3.05, 3.63) is 71.8 Å². The maximum atomic E-state index is 12.4. The highest BCUT2D eigenvalue weighted by Crippen LogP contribution is 2.29. The molecule has 2 aromatic carbocycles. The summed E-state index contributed by atoms with van der Waals surface area (Å²) in [7, 11) is 0.